The fourth-order valence-corrected chi connectivity index (χ4v) is 1.98. The van der Waals surface area contributed by atoms with E-state index in [2.05, 4.69) is 4.98 Å². The number of alkyl halides is 1. The third-order valence-corrected chi connectivity index (χ3v) is 2.96. The van der Waals surface area contributed by atoms with Crippen LogP contribution in [0.1, 0.15) is 12.8 Å². The zero-order valence-electron chi connectivity index (χ0n) is 10.2. The summed E-state index contributed by atoms with van der Waals surface area (Å²) in [6.45, 7) is 0.524. The number of rotatable bonds is 6. The molecule has 0 aliphatic carbocycles. The molecule has 0 saturated carbocycles. The Kier molecular flexibility index (Phi) is 4.52. The molecule has 2 aromatic rings. The molecule has 100 valence electrons. The van der Waals surface area contributed by atoms with Crippen molar-refractivity contribution in [3.05, 3.63) is 40.6 Å². The van der Waals surface area contributed by atoms with E-state index in [1.807, 2.05) is 0 Å². The monoisotopic (exact) mass is 280 g/mol. The van der Waals surface area contributed by atoms with E-state index in [-0.39, 0.29) is 5.69 Å². The topological polar surface area (TPSA) is 65.3 Å². The Labute approximate surface area is 115 Å². The zero-order chi connectivity index (χ0) is 13.7. The van der Waals surface area contributed by atoms with Gasteiger partial charge in [-0.05, 0) is 31.0 Å². The number of hydrogen-bond acceptors (Lipinski definition) is 4. The molecule has 0 aliphatic rings. The number of nitro groups is 1. The highest BCUT2D eigenvalue weighted by molar-refractivity contribution is 6.17. The highest BCUT2D eigenvalue weighted by Gasteiger charge is 2.15. The van der Waals surface area contributed by atoms with Gasteiger partial charge < -0.3 is 4.74 Å². The van der Waals surface area contributed by atoms with E-state index in [9.17, 15) is 10.1 Å². The van der Waals surface area contributed by atoms with Crippen molar-refractivity contribution in [3.8, 4) is 5.75 Å². The van der Waals surface area contributed by atoms with E-state index in [1.54, 1.807) is 24.4 Å². The largest absolute Gasteiger partial charge is 0.491 e. The third kappa shape index (κ3) is 3.12. The number of hydrogen-bond donors (Lipinski definition) is 0. The molecule has 0 aliphatic heterocycles. The molecule has 0 spiro atoms. The van der Waals surface area contributed by atoms with Crippen molar-refractivity contribution < 1.29 is 9.66 Å². The number of non-ortho nitro benzene ring substituents is 1. The molecule has 0 radical (unpaired) electrons. The molecule has 0 amide bonds. The van der Waals surface area contributed by atoms with E-state index in [0.29, 0.717) is 29.1 Å². The SMILES string of the molecule is O=[N+]([O-])c1ccc(OCCCCCl)c2ncccc12. The number of unbranched alkanes of at least 4 members (excludes halogenated alkanes) is 1. The fraction of sp³-hybridized carbons (Fsp3) is 0.308. The second kappa shape index (κ2) is 6.33. The van der Waals surface area contributed by atoms with Crippen LogP contribution in [0, 0.1) is 10.1 Å². The minimum absolute atomic E-state index is 0.0382. The van der Waals surface area contributed by atoms with Crippen molar-refractivity contribution in [2.24, 2.45) is 0 Å². The van der Waals surface area contributed by atoms with Gasteiger partial charge in [0.25, 0.3) is 5.69 Å². The Balaban J connectivity index is 2.30. The number of ether oxygens (including phenoxy) is 1. The second-order valence-corrected chi connectivity index (χ2v) is 4.36. The van der Waals surface area contributed by atoms with Crippen molar-refractivity contribution in [2.75, 3.05) is 12.5 Å². The maximum Gasteiger partial charge on any atom is 0.279 e. The number of fused-ring (bicyclic) bond motifs is 1. The average Bonchev–Trinajstić information content (AvgIpc) is 2.43. The number of benzene rings is 1. The molecule has 1 aromatic heterocycles. The van der Waals surface area contributed by atoms with Gasteiger partial charge in [-0.1, -0.05) is 0 Å². The molecule has 1 aromatic carbocycles. The molecule has 0 unspecified atom stereocenters. The molecule has 0 N–H and O–H groups in total. The summed E-state index contributed by atoms with van der Waals surface area (Å²) in [6.07, 6.45) is 3.31. The highest BCUT2D eigenvalue weighted by Crippen LogP contribution is 2.31. The van der Waals surface area contributed by atoms with Gasteiger partial charge in [-0.2, -0.15) is 0 Å². The molecule has 6 heteroatoms. The fourth-order valence-electron chi connectivity index (χ4n) is 1.79. The quantitative estimate of drug-likeness (QED) is 0.351. The molecular weight excluding hydrogens is 268 g/mol. The Morgan fingerprint density at radius 1 is 1.32 bits per heavy atom. The van der Waals surface area contributed by atoms with Crippen molar-refractivity contribution >= 4 is 28.2 Å². The summed E-state index contributed by atoms with van der Waals surface area (Å²) in [5.41, 5.74) is 0.554. The van der Waals surface area contributed by atoms with Crippen LogP contribution in [0.25, 0.3) is 10.9 Å². The Morgan fingerprint density at radius 3 is 2.89 bits per heavy atom. The van der Waals surface area contributed by atoms with Crippen molar-refractivity contribution in [1.82, 2.24) is 4.98 Å². The number of pyridine rings is 1. The lowest BCUT2D eigenvalue weighted by Crippen LogP contribution is -2.00. The van der Waals surface area contributed by atoms with Gasteiger partial charge >= 0.3 is 0 Å². The third-order valence-electron chi connectivity index (χ3n) is 2.69. The van der Waals surface area contributed by atoms with Gasteiger partial charge in [-0.3, -0.25) is 15.1 Å². The average molecular weight is 281 g/mol. The van der Waals surface area contributed by atoms with Crippen molar-refractivity contribution in [2.45, 2.75) is 12.8 Å². The summed E-state index contributed by atoms with van der Waals surface area (Å²) in [5, 5.41) is 11.4. The normalized spacial score (nSPS) is 10.6. The van der Waals surface area contributed by atoms with E-state index in [1.165, 1.54) is 6.07 Å². The summed E-state index contributed by atoms with van der Waals surface area (Å²) in [5.74, 6) is 1.17. The van der Waals surface area contributed by atoms with Crippen LogP contribution in [0.5, 0.6) is 5.75 Å². The van der Waals surface area contributed by atoms with Gasteiger partial charge in [0.1, 0.15) is 11.3 Å². The van der Waals surface area contributed by atoms with E-state index in [0.717, 1.165) is 12.8 Å². The number of nitrogens with zero attached hydrogens (tertiary/aromatic N) is 2. The molecule has 5 nitrogen and oxygen atoms in total. The maximum absolute atomic E-state index is 10.9. The molecule has 0 saturated heterocycles. The Bertz CT molecular complexity index is 589. The number of halogens is 1. The highest BCUT2D eigenvalue weighted by atomic mass is 35.5. The second-order valence-electron chi connectivity index (χ2n) is 3.98. The lowest BCUT2D eigenvalue weighted by molar-refractivity contribution is -0.383. The van der Waals surface area contributed by atoms with Crippen LogP contribution in [0.15, 0.2) is 30.5 Å². The van der Waals surface area contributed by atoms with Crippen LogP contribution in [0.4, 0.5) is 5.69 Å². The van der Waals surface area contributed by atoms with Gasteiger partial charge in [-0.25, -0.2) is 0 Å². The predicted octanol–water partition coefficient (Wildman–Crippen LogP) is 3.54. The van der Waals surface area contributed by atoms with Gasteiger partial charge in [0, 0.05) is 18.1 Å². The summed E-state index contributed by atoms with van der Waals surface area (Å²) < 4.78 is 5.61. The van der Waals surface area contributed by atoms with E-state index in [4.69, 9.17) is 16.3 Å². The lowest BCUT2D eigenvalue weighted by Gasteiger charge is -2.08. The summed E-state index contributed by atoms with van der Waals surface area (Å²) in [6, 6.07) is 6.38. The minimum Gasteiger partial charge on any atom is -0.491 e. The predicted molar refractivity (Wildman–Crippen MR) is 73.8 cm³/mol. The summed E-state index contributed by atoms with van der Waals surface area (Å²) in [4.78, 5) is 14.7. The van der Waals surface area contributed by atoms with Crippen molar-refractivity contribution in [1.29, 1.82) is 0 Å². The number of nitro benzene ring substituents is 1. The molecule has 2 rings (SSSR count). The Hall–Kier alpha value is -1.88. The summed E-state index contributed by atoms with van der Waals surface area (Å²) >= 11 is 5.59. The van der Waals surface area contributed by atoms with Crippen LogP contribution in [-0.2, 0) is 0 Å². The minimum atomic E-state index is -0.415. The molecular formula is C13H13ClN2O3. The standard InChI is InChI=1S/C13H13ClN2O3/c14-7-1-2-9-19-12-6-5-11(16(17)18)10-4-3-8-15-13(10)12/h3-6,8H,1-2,7,9H2. The Morgan fingerprint density at radius 2 is 2.16 bits per heavy atom. The van der Waals surface area contributed by atoms with Crippen LogP contribution in [-0.4, -0.2) is 22.4 Å². The molecule has 1 heterocycles. The number of aromatic nitrogens is 1. The van der Waals surface area contributed by atoms with Crippen LogP contribution < -0.4 is 4.74 Å². The lowest BCUT2D eigenvalue weighted by atomic mass is 10.1. The van der Waals surface area contributed by atoms with Crippen LogP contribution in [0.2, 0.25) is 0 Å². The maximum atomic E-state index is 10.9. The molecule has 0 atom stereocenters. The van der Waals surface area contributed by atoms with E-state index >= 15 is 0 Å². The smallest absolute Gasteiger partial charge is 0.279 e. The van der Waals surface area contributed by atoms with Crippen molar-refractivity contribution in [3.63, 3.8) is 0 Å². The first-order valence-corrected chi connectivity index (χ1v) is 6.48. The first kappa shape index (κ1) is 13.5. The summed E-state index contributed by atoms with van der Waals surface area (Å²) in [7, 11) is 0. The molecule has 19 heavy (non-hydrogen) atoms. The zero-order valence-corrected chi connectivity index (χ0v) is 11.0. The van der Waals surface area contributed by atoms with Crippen LogP contribution in [0.3, 0.4) is 0 Å². The van der Waals surface area contributed by atoms with Gasteiger partial charge in [0.05, 0.1) is 16.9 Å². The van der Waals surface area contributed by atoms with Gasteiger partial charge in [-0.15, -0.1) is 11.6 Å². The van der Waals surface area contributed by atoms with Crippen LogP contribution >= 0.6 is 11.6 Å². The first-order chi connectivity index (χ1) is 9.24. The van der Waals surface area contributed by atoms with E-state index < -0.39 is 4.92 Å². The molecule has 0 fully saturated rings. The first-order valence-electron chi connectivity index (χ1n) is 5.95. The molecule has 0 bridgehead atoms. The van der Waals surface area contributed by atoms with Gasteiger partial charge in [0.2, 0.25) is 0 Å². The van der Waals surface area contributed by atoms with Gasteiger partial charge in [0.15, 0.2) is 0 Å².